The molecule has 0 bridgehead atoms. The van der Waals surface area contributed by atoms with E-state index in [9.17, 15) is 0 Å². The third-order valence-corrected chi connectivity index (χ3v) is 7.66. The first-order chi connectivity index (χ1) is 13.0. The molecule has 0 aliphatic heterocycles. The van der Waals surface area contributed by atoms with Crippen LogP contribution in [-0.2, 0) is 0 Å². The monoisotopic (exact) mass is 398 g/mol. The highest BCUT2D eigenvalue weighted by Crippen LogP contribution is 2.38. The summed E-state index contributed by atoms with van der Waals surface area (Å²) in [5.41, 5.74) is 0.468. The van der Waals surface area contributed by atoms with Crippen molar-refractivity contribution in [3.8, 4) is 0 Å². The van der Waals surface area contributed by atoms with Crippen LogP contribution < -0.4 is 0 Å². The predicted octanol–water partition coefficient (Wildman–Crippen LogP) is 10.1. The van der Waals surface area contributed by atoms with Gasteiger partial charge in [0.05, 0.1) is 0 Å². The average Bonchev–Trinajstić information content (AvgIpc) is 2.62. The molecule has 0 fully saturated rings. The zero-order valence-corrected chi connectivity index (χ0v) is 20.9. The molecule has 0 aromatic carbocycles. The van der Waals surface area contributed by atoms with Crippen LogP contribution in [0, 0.1) is 11.3 Å². The summed E-state index contributed by atoms with van der Waals surface area (Å²) in [7, 11) is 0. The third-order valence-electron chi connectivity index (χ3n) is 6.12. The van der Waals surface area contributed by atoms with Crippen molar-refractivity contribution in [2.75, 3.05) is 5.75 Å². The van der Waals surface area contributed by atoms with Gasteiger partial charge in [0, 0.05) is 5.25 Å². The van der Waals surface area contributed by atoms with Gasteiger partial charge in [0.15, 0.2) is 0 Å². The fraction of sp³-hybridized carbons (Fsp3) is 1.00. The van der Waals surface area contributed by atoms with Crippen molar-refractivity contribution < 1.29 is 0 Å². The summed E-state index contributed by atoms with van der Waals surface area (Å²) in [6.07, 6.45) is 22.9. The summed E-state index contributed by atoms with van der Waals surface area (Å²) in [5, 5.41) is 0.902. The first kappa shape index (κ1) is 27.4. The molecule has 0 aromatic heterocycles. The van der Waals surface area contributed by atoms with Crippen LogP contribution in [0.4, 0.5) is 0 Å². The van der Waals surface area contributed by atoms with Crippen molar-refractivity contribution in [1.82, 2.24) is 0 Å². The van der Waals surface area contributed by atoms with Crippen LogP contribution in [0.3, 0.4) is 0 Å². The number of hydrogen-bond donors (Lipinski definition) is 0. The van der Waals surface area contributed by atoms with Crippen molar-refractivity contribution in [1.29, 1.82) is 0 Å². The molecule has 0 saturated heterocycles. The van der Waals surface area contributed by atoms with Crippen LogP contribution in [0.1, 0.15) is 144 Å². The summed E-state index contributed by atoms with van der Waals surface area (Å²) in [6, 6.07) is 0. The van der Waals surface area contributed by atoms with Gasteiger partial charge in [-0.25, -0.2) is 0 Å². The van der Waals surface area contributed by atoms with Gasteiger partial charge in [0.25, 0.3) is 0 Å². The Kier molecular flexibility index (Phi) is 18.6. The van der Waals surface area contributed by atoms with Gasteiger partial charge in [-0.1, -0.05) is 119 Å². The Morgan fingerprint density at radius 1 is 0.593 bits per heavy atom. The minimum atomic E-state index is 0.468. The number of rotatable bonds is 19. The third kappa shape index (κ3) is 17.0. The van der Waals surface area contributed by atoms with Crippen molar-refractivity contribution in [2.45, 2.75) is 150 Å². The van der Waals surface area contributed by atoms with Crippen molar-refractivity contribution >= 4 is 11.8 Å². The standard InChI is InChI=1S/C26H54S/c1-7-10-12-13-14-15-16-17-19-20-24(26(4,5)6)23-25(27-22-9-3)21-18-11-8-2/h24-25H,7-23H2,1-6H3. The second-order valence-corrected chi connectivity index (χ2v) is 11.3. The van der Waals surface area contributed by atoms with Crippen LogP contribution >= 0.6 is 11.8 Å². The van der Waals surface area contributed by atoms with Gasteiger partial charge < -0.3 is 0 Å². The molecule has 0 aromatic rings. The molecule has 0 heterocycles. The second kappa shape index (κ2) is 18.4. The van der Waals surface area contributed by atoms with E-state index in [4.69, 9.17) is 0 Å². The van der Waals surface area contributed by atoms with E-state index >= 15 is 0 Å². The van der Waals surface area contributed by atoms with E-state index in [0.29, 0.717) is 5.41 Å². The molecule has 0 rings (SSSR count). The van der Waals surface area contributed by atoms with Crippen molar-refractivity contribution in [3.63, 3.8) is 0 Å². The zero-order chi connectivity index (χ0) is 20.4. The SMILES string of the molecule is CCCCCCCCCCCC(CC(CCCCC)SCCC)C(C)(C)C. The van der Waals surface area contributed by atoms with Crippen molar-refractivity contribution in [3.05, 3.63) is 0 Å². The molecule has 2 atom stereocenters. The maximum atomic E-state index is 2.49. The Morgan fingerprint density at radius 2 is 1.07 bits per heavy atom. The number of hydrogen-bond acceptors (Lipinski definition) is 1. The van der Waals surface area contributed by atoms with Crippen LogP contribution in [0.5, 0.6) is 0 Å². The molecule has 0 spiro atoms. The van der Waals surface area contributed by atoms with Crippen molar-refractivity contribution in [2.24, 2.45) is 11.3 Å². The van der Waals surface area contributed by atoms with E-state index in [2.05, 4.69) is 53.3 Å². The molecule has 0 nitrogen and oxygen atoms in total. The Hall–Kier alpha value is 0.350. The summed E-state index contributed by atoms with van der Waals surface area (Å²) in [6.45, 7) is 14.4. The summed E-state index contributed by atoms with van der Waals surface area (Å²) >= 11 is 2.27. The molecule has 0 saturated carbocycles. The Balaban J connectivity index is 4.19. The lowest BCUT2D eigenvalue weighted by atomic mass is 9.75. The van der Waals surface area contributed by atoms with E-state index in [-0.39, 0.29) is 0 Å². The van der Waals surface area contributed by atoms with Crippen LogP contribution in [-0.4, -0.2) is 11.0 Å². The van der Waals surface area contributed by atoms with Gasteiger partial charge in [0.1, 0.15) is 0 Å². The Labute approximate surface area is 178 Å². The fourth-order valence-electron chi connectivity index (χ4n) is 4.10. The lowest BCUT2D eigenvalue weighted by molar-refractivity contribution is 0.203. The summed E-state index contributed by atoms with van der Waals surface area (Å²) in [4.78, 5) is 0. The quantitative estimate of drug-likeness (QED) is 0.195. The van der Waals surface area contributed by atoms with Gasteiger partial charge in [-0.15, -0.1) is 0 Å². The molecule has 0 aliphatic rings. The van der Waals surface area contributed by atoms with E-state index in [1.165, 1.54) is 108 Å². The molecular weight excluding hydrogens is 344 g/mol. The first-order valence-electron chi connectivity index (χ1n) is 12.6. The van der Waals surface area contributed by atoms with Gasteiger partial charge in [0.2, 0.25) is 0 Å². The molecule has 0 radical (unpaired) electrons. The molecule has 164 valence electrons. The minimum absolute atomic E-state index is 0.468. The molecule has 0 N–H and O–H groups in total. The van der Waals surface area contributed by atoms with Crippen LogP contribution in [0.25, 0.3) is 0 Å². The van der Waals surface area contributed by atoms with E-state index in [1.807, 2.05) is 0 Å². The lowest BCUT2D eigenvalue weighted by Crippen LogP contribution is -2.24. The molecule has 1 heteroatoms. The zero-order valence-electron chi connectivity index (χ0n) is 20.1. The van der Waals surface area contributed by atoms with E-state index in [1.54, 1.807) is 0 Å². The second-order valence-electron chi connectivity index (χ2n) is 9.90. The minimum Gasteiger partial charge on any atom is -0.159 e. The smallest absolute Gasteiger partial charge is 0.00498 e. The van der Waals surface area contributed by atoms with Gasteiger partial charge >= 0.3 is 0 Å². The predicted molar refractivity (Wildman–Crippen MR) is 130 cm³/mol. The highest BCUT2D eigenvalue weighted by molar-refractivity contribution is 7.99. The molecule has 0 amide bonds. The average molecular weight is 399 g/mol. The summed E-state index contributed by atoms with van der Waals surface area (Å²) < 4.78 is 0. The normalized spacial score (nSPS) is 14.4. The van der Waals surface area contributed by atoms with Crippen LogP contribution in [0.2, 0.25) is 0 Å². The highest BCUT2D eigenvalue weighted by Gasteiger charge is 2.27. The Morgan fingerprint density at radius 3 is 1.59 bits per heavy atom. The largest absolute Gasteiger partial charge is 0.159 e. The highest BCUT2D eigenvalue weighted by atomic mass is 32.2. The number of thioether (sulfide) groups is 1. The maximum absolute atomic E-state index is 2.49. The van der Waals surface area contributed by atoms with Gasteiger partial charge in [-0.3, -0.25) is 0 Å². The lowest BCUT2D eigenvalue weighted by Gasteiger charge is -2.34. The summed E-state index contributed by atoms with van der Waals surface area (Å²) in [5.74, 6) is 2.25. The number of unbranched alkanes of at least 4 members (excludes halogenated alkanes) is 10. The Bertz CT molecular complexity index is 291. The molecular formula is C26H54S. The van der Waals surface area contributed by atoms with Gasteiger partial charge in [-0.05, 0) is 42.8 Å². The van der Waals surface area contributed by atoms with E-state index in [0.717, 1.165) is 11.2 Å². The molecule has 0 aliphatic carbocycles. The fourth-order valence-corrected chi connectivity index (χ4v) is 5.37. The van der Waals surface area contributed by atoms with E-state index < -0.39 is 0 Å². The maximum Gasteiger partial charge on any atom is 0.00498 e. The van der Waals surface area contributed by atoms with Crippen LogP contribution in [0.15, 0.2) is 0 Å². The molecule has 2 unspecified atom stereocenters. The first-order valence-corrected chi connectivity index (χ1v) is 13.6. The molecule has 27 heavy (non-hydrogen) atoms. The topological polar surface area (TPSA) is 0 Å². The van der Waals surface area contributed by atoms with Gasteiger partial charge in [-0.2, -0.15) is 11.8 Å².